The number of anilines is 1. The van der Waals surface area contributed by atoms with Gasteiger partial charge in [-0.15, -0.1) is 0 Å². The lowest BCUT2D eigenvalue weighted by molar-refractivity contribution is 0.129. The highest BCUT2D eigenvalue weighted by Crippen LogP contribution is 2.24. The van der Waals surface area contributed by atoms with Crippen LogP contribution in [0.5, 0.6) is 5.75 Å². The van der Waals surface area contributed by atoms with Crippen molar-refractivity contribution in [2.75, 3.05) is 25.2 Å². The fourth-order valence-corrected chi connectivity index (χ4v) is 3.02. The summed E-state index contributed by atoms with van der Waals surface area (Å²) in [4.78, 5) is 0. The second-order valence-corrected chi connectivity index (χ2v) is 5.29. The number of methoxy groups -OCH3 is 1. The molecule has 3 nitrogen and oxygen atoms in total. The summed E-state index contributed by atoms with van der Waals surface area (Å²) in [5.74, 6) is 2.86. The molecule has 0 amide bonds. The molecule has 1 unspecified atom stereocenters. The minimum atomic E-state index is 0.447. The summed E-state index contributed by atoms with van der Waals surface area (Å²) in [7, 11) is 1.66. The second kappa shape index (κ2) is 6.17. The molecular formula is C13H19NO2S. The lowest BCUT2D eigenvalue weighted by Gasteiger charge is -2.10. The third kappa shape index (κ3) is 3.82. The van der Waals surface area contributed by atoms with Gasteiger partial charge in [0, 0.05) is 29.9 Å². The van der Waals surface area contributed by atoms with Gasteiger partial charge in [0.2, 0.25) is 0 Å². The number of rotatable bonds is 5. The molecule has 0 spiro atoms. The van der Waals surface area contributed by atoms with Crippen LogP contribution in [0.1, 0.15) is 18.4 Å². The first kappa shape index (κ1) is 12.6. The predicted octanol–water partition coefficient (Wildman–Crippen LogP) is 2.69. The number of benzene rings is 1. The van der Waals surface area contributed by atoms with Crippen molar-refractivity contribution in [2.45, 2.75) is 24.7 Å². The van der Waals surface area contributed by atoms with Crippen LogP contribution in [0.3, 0.4) is 0 Å². The van der Waals surface area contributed by atoms with Gasteiger partial charge in [-0.2, -0.15) is 11.8 Å². The largest absolute Gasteiger partial charge is 0.497 e. The average Bonchev–Trinajstić information content (AvgIpc) is 2.81. The van der Waals surface area contributed by atoms with E-state index in [4.69, 9.17) is 15.2 Å². The molecule has 1 fully saturated rings. The second-order valence-electron chi connectivity index (χ2n) is 4.26. The molecule has 1 aliphatic rings. The molecule has 94 valence electrons. The summed E-state index contributed by atoms with van der Waals surface area (Å²) in [5.41, 5.74) is 7.79. The zero-order valence-corrected chi connectivity index (χ0v) is 11.0. The highest BCUT2D eigenvalue weighted by atomic mass is 32.2. The molecule has 0 radical (unpaired) electrons. The quantitative estimate of drug-likeness (QED) is 0.819. The molecule has 1 heterocycles. The maximum absolute atomic E-state index is 5.81. The van der Waals surface area contributed by atoms with Gasteiger partial charge in [-0.25, -0.2) is 0 Å². The Kier molecular flexibility index (Phi) is 4.57. The van der Waals surface area contributed by atoms with Gasteiger partial charge >= 0.3 is 0 Å². The van der Waals surface area contributed by atoms with Gasteiger partial charge in [-0.1, -0.05) is 0 Å². The number of hydrogen-bond donors (Lipinski definition) is 1. The summed E-state index contributed by atoms with van der Waals surface area (Å²) in [6.45, 7) is 0.928. The van der Waals surface area contributed by atoms with E-state index in [0.717, 1.165) is 29.5 Å². The van der Waals surface area contributed by atoms with E-state index in [1.807, 2.05) is 30.0 Å². The number of thioether (sulfide) groups is 1. The Hall–Kier alpha value is -0.870. The molecule has 1 aliphatic heterocycles. The van der Waals surface area contributed by atoms with Gasteiger partial charge in [0.1, 0.15) is 5.75 Å². The maximum Gasteiger partial charge on any atom is 0.121 e. The minimum absolute atomic E-state index is 0.447. The zero-order chi connectivity index (χ0) is 12.1. The number of ether oxygens (including phenoxy) is 2. The standard InChI is InChI=1S/C13H19NO2S/c1-15-13-6-10(5-11(14)7-13)8-17-9-12-3-2-4-16-12/h5-7,12H,2-4,8-9,14H2,1H3. The molecule has 0 bridgehead atoms. The third-order valence-corrected chi connectivity index (χ3v) is 3.97. The molecule has 0 saturated carbocycles. The SMILES string of the molecule is COc1cc(N)cc(CSCC2CCCO2)c1. The molecule has 1 aromatic rings. The predicted molar refractivity (Wildman–Crippen MR) is 72.5 cm³/mol. The Morgan fingerprint density at radius 1 is 1.47 bits per heavy atom. The van der Waals surface area contributed by atoms with Gasteiger partial charge in [0.05, 0.1) is 13.2 Å². The van der Waals surface area contributed by atoms with Crippen molar-refractivity contribution in [2.24, 2.45) is 0 Å². The summed E-state index contributed by atoms with van der Waals surface area (Å²) in [6.07, 6.45) is 2.85. The molecule has 0 aliphatic carbocycles. The van der Waals surface area contributed by atoms with Crippen molar-refractivity contribution in [3.63, 3.8) is 0 Å². The van der Waals surface area contributed by atoms with Gasteiger partial charge in [0.25, 0.3) is 0 Å². The fourth-order valence-electron chi connectivity index (χ4n) is 1.97. The first-order chi connectivity index (χ1) is 8.28. The summed E-state index contributed by atoms with van der Waals surface area (Å²) < 4.78 is 10.8. The van der Waals surface area contributed by atoms with E-state index < -0.39 is 0 Å². The Morgan fingerprint density at radius 2 is 2.35 bits per heavy atom. The van der Waals surface area contributed by atoms with Gasteiger partial charge in [-0.3, -0.25) is 0 Å². The summed E-state index contributed by atoms with van der Waals surface area (Å²) in [6, 6.07) is 5.89. The lowest BCUT2D eigenvalue weighted by Crippen LogP contribution is -2.08. The minimum Gasteiger partial charge on any atom is -0.497 e. The zero-order valence-electron chi connectivity index (χ0n) is 10.1. The number of nitrogens with two attached hydrogens (primary N) is 1. The van der Waals surface area contributed by atoms with Crippen LogP contribution in [0.4, 0.5) is 5.69 Å². The molecule has 1 aromatic carbocycles. The fraction of sp³-hybridized carbons (Fsp3) is 0.538. The molecule has 0 aromatic heterocycles. The summed E-state index contributed by atoms with van der Waals surface area (Å²) >= 11 is 1.90. The van der Waals surface area contributed by atoms with E-state index in [2.05, 4.69) is 0 Å². The van der Waals surface area contributed by atoms with Crippen LogP contribution in [0.2, 0.25) is 0 Å². The van der Waals surface area contributed by atoms with Crippen LogP contribution in [-0.4, -0.2) is 25.6 Å². The molecule has 1 atom stereocenters. The first-order valence-electron chi connectivity index (χ1n) is 5.90. The van der Waals surface area contributed by atoms with Crippen molar-refractivity contribution in [3.8, 4) is 5.75 Å². The normalized spacial score (nSPS) is 19.5. The molecule has 2 N–H and O–H groups in total. The maximum atomic E-state index is 5.81. The Bertz CT molecular complexity index is 364. The molecule has 4 heteroatoms. The van der Waals surface area contributed by atoms with Gasteiger partial charge < -0.3 is 15.2 Å². The highest BCUT2D eigenvalue weighted by Gasteiger charge is 2.14. The van der Waals surface area contributed by atoms with E-state index in [0.29, 0.717) is 6.10 Å². The van der Waals surface area contributed by atoms with Crippen molar-refractivity contribution in [1.29, 1.82) is 0 Å². The number of hydrogen-bond acceptors (Lipinski definition) is 4. The van der Waals surface area contributed by atoms with Crippen molar-refractivity contribution in [3.05, 3.63) is 23.8 Å². The van der Waals surface area contributed by atoms with Gasteiger partial charge in [-0.05, 0) is 30.5 Å². The van der Waals surface area contributed by atoms with Crippen LogP contribution in [-0.2, 0) is 10.5 Å². The molecule has 2 rings (SSSR count). The number of nitrogen functional groups attached to an aromatic ring is 1. The smallest absolute Gasteiger partial charge is 0.121 e. The van der Waals surface area contributed by atoms with Gasteiger partial charge in [0.15, 0.2) is 0 Å². The van der Waals surface area contributed by atoms with E-state index in [1.54, 1.807) is 7.11 Å². The van der Waals surface area contributed by atoms with Crippen molar-refractivity contribution < 1.29 is 9.47 Å². The van der Waals surface area contributed by atoms with E-state index in [1.165, 1.54) is 18.4 Å². The molecule has 17 heavy (non-hydrogen) atoms. The average molecular weight is 253 g/mol. The highest BCUT2D eigenvalue weighted by molar-refractivity contribution is 7.98. The monoisotopic (exact) mass is 253 g/mol. The Balaban J connectivity index is 1.83. The Labute approximate surface area is 107 Å². The van der Waals surface area contributed by atoms with Crippen molar-refractivity contribution in [1.82, 2.24) is 0 Å². The first-order valence-corrected chi connectivity index (χ1v) is 7.06. The van der Waals surface area contributed by atoms with Crippen LogP contribution >= 0.6 is 11.8 Å². The molecular weight excluding hydrogens is 234 g/mol. The van der Waals surface area contributed by atoms with Crippen LogP contribution in [0, 0.1) is 0 Å². The lowest BCUT2D eigenvalue weighted by atomic mass is 10.2. The van der Waals surface area contributed by atoms with E-state index in [-0.39, 0.29) is 0 Å². The molecule has 1 saturated heterocycles. The van der Waals surface area contributed by atoms with E-state index in [9.17, 15) is 0 Å². The van der Waals surface area contributed by atoms with Crippen LogP contribution in [0.15, 0.2) is 18.2 Å². The summed E-state index contributed by atoms with van der Waals surface area (Å²) in [5, 5.41) is 0. The van der Waals surface area contributed by atoms with Crippen molar-refractivity contribution >= 4 is 17.4 Å². The topological polar surface area (TPSA) is 44.5 Å². The van der Waals surface area contributed by atoms with Crippen LogP contribution < -0.4 is 10.5 Å². The van der Waals surface area contributed by atoms with Crippen LogP contribution in [0.25, 0.3) is 0 Å². The Morgan fingerprint density at radius 3 is 3.06 bits per heavy atom. The van der Waals surface area contributed by atoms with E-state index >= 15 is 0 Å². The third-order valence-electron chi connectivity index (χ3n) is 2.82.